The molecule has 35 heavy (non-hydrogen) atoms. The van der Waals surface area contributed by atoms with Crippen LogP contribution < -0.4 is 10.6 Å². The molecule has 7 nitrogen and oxygen atoms in total. The van der Waals surface area contributed by atoms with Crippen LogP contribution in [0.2, 0.25) is 0 Å². The number of rotatable bonds is 11. The molecule has 1 aliphatic carbocycles. The minimum atomic E-state index is -1.12. The van der Waals surface area contributed by atoms with E-state index < -0.39 is 30.1 Å². The van der Waals surface area contributed by atoms with Gasteiger partial charge in [-0.25, -0.2) is 9.59 Å². The molecular formula is C27H32N2O5S. The standard InChI is InChI=1S/C27H32N2O5S/c1-17(2)12-13-24(26(31)32)28-25(30)23(14-15-35-3)29-27(33)34-16-22-20-10-6-4-8-18(20)19-9-5-7-11-21(19)22/h4-12,22-24H,13-16H2,1-3H3,(H,28,30)(H,29,33)(H,31,32)/t23-,24?/m0/s1. The van der Waals surface area contributed by atoms with E-state index in [1.165, 1.54) is 11.8 Å². The Morgan fingerprint density at radius 3 is 2.14 bits per heavy atom. The first-order valence-corrected chi connectivity index (χ1v) is 13.0. The number of fused-ring (bicyclic) bond motifs is 3. The summed E-state index contributed by atoms with van der Waals surface area (Å²) < 4.78 is 5.57. The van der Waals surface area contributed by atoms with Crippen molar-refractivity contribution in [3.63, 3.8) is 0 Å². The zero-order chi connectivity index (χ0) is 25.4. The molecule has 8 heteroatoms. The number of thioether (sulfide) groups is 1. The third-order valence-corrected chi connectivity index (χ3v) is 6.58. The van der Waals surface area contributed by atoms with Gasteiger partial charge in [0.1, 0.15) is 18.7 Å². The molecule has 0 fully saturated rings. The summed E-state index contributed by atoms with van der Waals surface area (Å²) in [4.78, 5) is 37.1. The average molecular weight is 497 g/mol. The van der Waals surface area contributed by atoms with Crippen molar-refractivity contribution in [2.75, 3.05) is 18.6 Å². The molecule has 1 aliphatic rings. The highest BCUT2D eigenvalue weighted by Gasteiger charge is 2.30. The van der Waals surface area contributed by atoms with E-state index in [-0.39, 0.29) is 18.9 Å². The number of amides is 2. The highest BCUT2D eigenvalue weighted by molar-refractivity contribution is 7.98. The maximum Gasteiger partial charge on any atom is 0.407 e. The van der Waals surface area contributed by atoms with Crippen LogP contribution in [-0.2, 0) is 14.3 Å². The Morgan fingerprint density at radius 2 is 1.60 bits per heavy atom. The first-order valence-electron chi connectivity index (χ1n) is 11.6. The number of nitrogens with one attached hydrogen (secondary N) is 2. The van der Waals surface area contributed by atoms with Gasteiger partial charge in [0, 0.05) is 5.92 Å². The Labute approximate surface area is 210 Å². The van der Waals surface area contributed by atoms with Crippen molar-refractivity contribution in [1.29, 1.82) is 0 Å². The van der Waals surface area contributed by atoms with Crippen molar-refractivity contribution in [3.05, 3.63) is 71.3 Å². The van der Waals surface area contributed by atoms with Crippen molar-refractivity contribution in [2.45, 2.75) is 44.7 Å². The minimum absolute atomic E-state index is 0.0907. The van der Waals surface area contributed by atoms with Gasteiger partial charge >= 0.3 is 12.1 Å². The Morgan fingerprint density at radius 1 is 1.00 bits per heavy atom. The zero-order valence-electron chi connectivity index (χ0n) is 20.2. The number of aliphatic carboxylic acids is 1. The summed E-state index contributed by atoms with van der Waals surface area (Å²) in [6.45, 7) is 3.86. The molecule has 3 N–H and O–H groups in total. The maximum atomic E-state index is 12.9. The third kappa shape index (κ3) is 6.88. The average Bonchev–Trinajstić information content (AvgIpc) is 3.16. The van der Waals surface area contributed by atoms with Crippen molar-refractivity contribution >= 4 is 29.7 Å². The van der Waals surface area contributed by atoms with Crippen molar-refractivity contribution in [3.8, 4) is 11.1 Å². The smallest absolute Gasteiger partial charge is 0.407 e. The summed E-state index contributed by atoms with van der Waals surface area (Å²) in [6, 6.07) is 14.1. The highest BCUT2D eigenvalue weighted by Crippen LogP contribution is 2.44. The third-order valence-electron chi connectivity index (χ3n) is 5.94. The van der Waals surface area contributed by atoms with E-state index in [0.29, 0.717) is 12.2 Å². The number of hydrogen-bond acceptors (Lipinski definition) is 5. The summed E-state index contributed by atoms with van der Waals surface area (Å²) in [5, 5.41) is 14.7. The number of alkyl carbamates (subject to hydrolysis) is 1. The lowest BCUT2D eigenvalue weighted by atomic mass is 9.98. The number of carboxylic acids is 1. The predicted molar refractivity (Wildman–Crippen MR) is 139 cm³/mol. The largest absolute Gasteiger partial charge is 0.480 e. The number of benzene rings is 2. The lowest BCUT2D eigenvalue weighted by Gasteiger charge is -2.21. The van der Waals surface area contributed by atoms with Crippen LogP contribution in [0.3, 0.4) is 0 Å². The molecule has 3 rings (SSSR count). The molecule has 0 saturated carbocycles. The Hall–Kier alpha value is -3.26. The number of hydrogen-bond donors (Lipinski definition) is 3. The molecule has 2 atom stereocenters. The second-order valence-electron chi connectivity index (χ2n) is 8.72. The molecule has 0 aromatic heterocycles. The SMILES string of the molecule is CSCC[C@H](NC(=O)OCC1c2ccccc2-c2ccccc21)C(=O)NC(CC=C(C)C)C(=O)O. The monoisotopic (exact) mass is 496 g/mol. The van der Waals surface area contributed by atoms with Crippen LogP contribution in [0, 0.1) is 0 Å². The van der Waals surface area contributed by atoms with Gasteiger partial charge in [0.2, 0.25) is 5.91 Å². The summed E-state index contributed by atoms with van der Waals surface area (Å²) in [5.41, 5.74) is 5.42. The van der Waals surface area contributed by atoms with Gasteiger partial charge < -0.3 is 20.5 Å². The van der Waals surface area contributed by atoms with Crippen LogP contribution in [-0.4, -0.2) is 53.8 Å². The molecule has 0 radical (unpaired) electrons. The molecule has 2 amide bonds. The fourth-order valence-corrected chi connectivity index (χ4v) is 4.61. The molecular weight excluding hydrogens is 464 g/mol. The lowest BCUT2D eigenvalue weighted by molar-refractivity contribution is -0.142. The maximum absolute atomic E-state index is 12.9. The van der Waals surface area contributed by atoms with Gasteiger partial charge in [-0.1, -0.05) is 60.2 Å². The van der Waals surface area contributed by atoms with Gasteiger partial charge in [0.25, 0.3) is 0 Å². The van der Waals surface area contributed by atoms with Crippen LogP contribution in [0.4, 0.5) is 4.79 Å². The lowest BCUT2D eigenvalue weighted by Crippen LogP contribution is -2.51. The molecule has 186 valence electrons. The number of allylic oxidation sites excluding steroid dienone is 1. The van der Waals surface area contributed by atoms with Crippen LogP contribution in [0.5, 0.6) is 0 Å². The van der Waals surface area contributed by atoms with E-state index in [1.54, 1.807) is 6.08 Å². The second-order valence-corrected chi connectivity index (χ2v) is 9.71. The Bertz CT molecular complexity index is 1050. The molecule has 0 spiro atoms. The number of ether oxygens (including phenoxy) is 1. The highest BCUT2D eigenvalue weighted by atomic mass is 32.2. The molecule has 2 aromatic carbocycles. The van der Waals surface area contributed by atoms with Gasteiger partial charge in [-0.3, -0.25) is 4.79 Å². The molecule has 1 unspecified atom stereocenters. The fraction of sp³-hybridized carbons (Fsp3) is 0.370. The summed E-state index contributed by atoms with van der Waals surface area (Å²) >= 11 is 1.53. The summed E-state index contributed by atoms with van der Waals surface area (Å²) in [6.07, 6.45) is 3.48. The van der Waals surface area contributed by atoms with E-state index in [1.807, 2.05) is 56.5 Å². The molecule has 0 aliphatic heterocycles. The van der Waals surface area contributed by atoms with Crippen LogP contribution >= 0.6 is 11.8 Å². The normalized spacial score (nSPS) is 13.7. The molecule has 0 saturated heterocycles. The van der Waals surface area contributed by atoms with Crippen LogP contribution in [0.15, 0.2) is 60.2 Å². The van der Waals surface area contributed by atoms with E-state index in [4.69, 9.17) is 4.74 Å². The van der Waals surface area contributed by atoms with E-state index in [9.17, 15) is 19.5 Å². The number of carbonyl (C=O) groups excluding carboxylic acids is 2. The Kier molecular flexibility index (Phi) is 9.37. The van der Waals surface area contributed by atoms with Gasteiger partial charge in [0.15, 0.2) is 0 Å². The molecule has 0 heterocycles. The van der Waals surface area contributed by atoms with Crippen molar-refractivity contribution < 1.29 is 24.2 Å². The minimum Gasteiger partial charge on any atom is -0.480 e. The van der Waals surface area contributed by atoms with Gasteiger partial charge in [-0.2, -0.15) is 11.8 Å². The van der Waals surface area contributed by atoms with Crippen LogP contribution in [0.25, 0.3) is 11.1 Å². The first-order chi connectivity index (χ1) is 16.8. The van der Waals surface area contributed by atoms with E-state index >= 15 is 0 Å². The van der Waals surface area contributed by atoms with Crippen molar-refractivity contribution in [2.24, 2.45) is 0 Å². The summed E-state index contributed by atoms with van der Waals surface area (Å²) in [7, 11) is 0. The topological polar surface area (TPSA) is 105 Å². The van der Waals surface area contributed by atoms with Crippen LogP contribution in [0.1, 0.15) is 43.7 Å². The Balaban J connectivity index is 1.65. The van der Waals surface area contributed by atoms with Crippen molar-refractivity contribution in [1.82, 2.24) is 10.6 Å². The molecule has 2 aromatic rings. The zero-order valence-corrected chi connectivity index (χ0v) is 21.1. The van der Waals surface area contributed by atoms with E-state index in [2.05, 4.69) is 22.8 Å². The quantitative estimate of drug-likeness (QED) is 0.394. The van der Waals surface area contributed by atoms with E-state index in [0.717, 1.165) is 27.8 Å². The number of carboxylic acid groups (broad SMARTS) is 1. The second kappa shape index (κ2) is 12.4. The van der Waals surface area contributed by atoms with Gasteiger partial charge in [-0.15, -0.1) is 0 Å². The number of carbonyl (C=O) groups is 3. The fourth-order valence-electron chi connectivity index (χ4n) is 4.13. The predicted octanol–water partition coefficient (Wildman–Crippen LogP) is 4.57. The van der Waals surface area contributed by atoms with Gasteiger partial charge in [-0.05, 0) is 61.0 Å². The molecule has 0 bridgehead atoms. The first kappa shape index (κ1) is 26.3. The summed E-state index contributed by atoms with van der Waals surface area (Å²) in [5.74, 6) is -1.14. The van der Waals surface area contributed by atoms with Gasteiger partial charge in [0.05, 0.1) is 0 Å².